The second-order valence-corrected chi connectivity index (χ2v) is 5.66. The maximum atomic E-state index is 12.0. The molecule has 6 heteroatoms. The van der Waals surface area contributed by atoms with Crippen LogP contribution in [0.5, 0.6) is 5.75 Å². The Morgan fingerprint density at radius 2 is 2.14 bits per heavy atom. The summed E-state index contributed by atoms with van der Waals surface area (Å²) in [6.45, 7) is 5.61. The van der Waals surface area contributed by atoms with Crippen LogP contribution in [-0.4, -0.2) is 18.4 Å². The third kappa shape index (κ3) is 3.26. The average Bonchev–Trinajstić information content (AvgIpc) is 2.39. The highest BCUT2D eigenvalue weighted by Gasteiger charge is 2.31. The number of rotatable bonds is 4. The van der Waals surface area contributed by atoms with E-state index in [1.54, 1.807) is 6.92 Å². The molecule has 0 fully saturated rings. The van der Waals surface area contributed by atoms with Crippen LogP contribution in [0.15, 0.2) is 33.9 Å². The van der Waals surface area contributed by atoms with Gasteiger partial charge in [-0.05, 0) is 39.0 Å². The number of allylic oxidation sites excluding steroid dienone is 1. The Morgan fingerprint density at radius 3 is 2.76 bits per heavy atom. The molecule has 2 N–H and O–H groups in total. The number of carbonyl (C=O) groups excluding carboxylic acids is 2. The zero-order valence-corrected chi connectivity index (χ0v) is 13.7. The number of Topliss-reactive ketones (excluding diaryl/α,β-unsaturated/α-hetero) is 1. The van der Waals surface area contributed by atoms with E-state index in [9.17, 15) is 9.59 Å². The minimum Gasteiger partial charge on any atom is -0.494 e. The number of hydrogen-bond donors (Lipinski definition) is 2. The van der Waals surface area contributed by atoms with Gasteiger partial charge in [0.1, 0.15) is 5.75 Å². The molecule has 0 radical (unpaired) electrons. The minimum absolute atomic E-state index is 0.0903. The van der Waals surface area contributed by atoms with Crippen LogP contribution in [-0.2, 0) is 4.79 Å². The first-order valence-corrected chi connectivity index (χ1v) is 7.44. The van der Waals surface area contributed by atoms with Crippen LogP contribution in [0.2, 0.25) is 0 Å². The fraction of sp³-hybridized carbons (Fsp3) is 0.333. The van der Waals surface area contributed by atoms with Gasteiger partial charge in [0.05, 0.1) is 12.6 Å². The van der Waals surface area contributed by atoms with E-state index in [2.05, 4.69) is 26.6 Å². The molecule has 21 heavy (non-hydrogen) atoms. The molecule has 0 unspecified atom stereocenters. The molecule has 0 saturated heterocycles. The lowest BCUT2D eigenvalue weighted by Crippen LogP contribution is -2.44. The van der Waals surface area contributed by atoms with Crippen molar-refractivity contribution in [2.75, 3.05) is 6.61 Å². The minimum atomic E-state index is -0.518. The van der Waals surface area contributed by atoms with Gasteiger partial charge in [-0.15, -0.1) is 0 Å². The van der Waals surface area contributed by atoms with Gasteiger partial charge in [-0.2, -0.15) is 0 Å². The number of hydrogen-bond acceptors (Lipinski definition) is 3. The molecular weight excluding hydrogens is 336 g/mol. The summed E-state index contributed by atoms with van der Waals surface area (Å²) in [6.07, 6.45) is 0. The number of amides is 2. The topological polar surface area (TPSA) is 67.4 Å². The van der Waals surface area contributed by atoms with Gasteiger partial charge in [-0.3, -0.25) is 4.79 Å². The van der Waals surface area contributed by atoms with Crippen molar-refractivity contribution in [1.29, 1.82) is 0 Å². The van der Waals surface area contributed by atoms with Gasteiger partial charge >= 0.3 is 6.03 Å². The molecule has 1 atom stereocenters. The van der Waals surface area contributed by atoms with Gasteiger partial charge in [0.2, 0.25) is 0 Å². The number of halogens is 1. The van der Waals surface area contributed by atoms with E-state index in [-0.39, 0.29) is 11.8 Å². The molecule has 1 aromatic carbocycles. The van der Waals surface area contributed by atoms with Crippen molar-refractivity contribution < 1.29 is 14.3 Å². The molecule has 112 valence electrons. The molecule has 2 rings (SSSR count). The Kier molecular flexibility index (Phi) is 4.67. The SMILES string of the molecule is CCOc1ccc(Br)cc1[C@H]1NC(=O)NC(C)=C1C(C)=O. The number of ether oxygens (including phenoxy) is 1. The van der Waals surface area contributed by atoms with Crippen molar-refractivity contribution in [2.45, 2.75) is 26.8 Å². The van der Waals surface area contributed by atoms with Crippen molar-refractivity contribution in [1.82, 2.24) is 10.6 Å². The molecule has 1 aliphatic heterocycles. The molecule has 5 nitrogen and oxygen atoms in total. The van der Waals surface area contributed by atoms with Gasteiger partial charge < -0.3 is 15.4 Å². The summed E-state index contributed by atoms with van der Waals surface area (Å²) in [5, 5.41) is 5.42. The normalized spacial score (nSPS) is 18.1. The fourth-order valence-corrected chi connectivity index (χ4v) is 2.80. The average molecular weight is 353 g/mol. The third-order valence-electron chi connectivity index (χ3n) is 3.23. The van der Waals surface area contributed by atoms with E-state index in [0.717, 1.165) is 10.0 Å². The van der Waals surface area contributed by atoms with Crippen molar-refractivity contribution in [3.05, 3.63) is 39.5 Å². The molecule has 0 aliphatic carbocycles. The monoisotopic (exact) mass is 352 g/mol. The Balaban J connectivity index is 2.57. The number of urea groups is 1. The van der Waals surface area contributed by atoms with E-state index in [1.165, 1.54) is 6.92 Å². The third-order valence-corrected chi connectivity index (χ3v) is 3.72. The van der Waals surface area contributed by atoms with Gasteiger partial charge in [-0.1, -0.05) is 15.9 Å². The molecular formula is C15H17BrN2O3. The van der Waals surface area contributed by atoms with Crippen LogP contribution < -0.4 is 15.4 Å². The van der Waals surface area contributed by atoms with Crippen LogP contribution >= 0.6 is 15.9 Å². The lowest BCUT2D eigenvalue weighted by molar-refractivity contribution is -0.114. The molecule has 0 saturated carbocycles. The number of nitrogens with one attached hydrogen (secondary N) is 2. The second kappa shape index (κ2) is 6.30. The lowest BCUT2D eigenvalue weighted by Gasteiger charge is -2.29. The van der Waals surface area contributed by atoms with Crippen LogP contribution in [0.3, 0.4) is 0 Å². The zero-order chi connectivity index (χ0) is 15.6. The van der Waals surface area contributed by atoms with Gasteiger partial charge in [0.15, 0.2) is 5.78 Å². The molecule has 2 amide bonds. The molecule has 0 bridgehead atoms. The van der Waals surface area contributed by atoms with Gasteiger partial charge in [0.25, 0.3) is 0 Å². The first-order chi connectivity index (χ1) is 9.93. The van der Waals surface area contributed by atoms with Crippen LogP contribution in [0, 0.1) is 0 Å². The predicted molar refractivity (Wildman–Crippen MR) is 83.1 cm³/mol. The van der Waals surface area contributed by atoms with E-state index >= 15 is 0 Å². The molecule has 0 aromatic heterocycles. The van der Waals surface area contributed by atoms with Crippen LogP contribution in [0.1, 0.15) is 32.4 Å². The van der Waals surface area contributed by atoms with E-state index in [4.69, 9.17) is 4.74 Å². The summed E-state index contributed by atoms with van der Waals surface area (Å²) >= 11 is 3.42. The van der Waals surface area contributed by atoms with Gasteiger partial charge in [-0.25, -0.2) is 4.79 Å². The summed E-state index contributed by atoms with van der Waals surface area (Å²) in [6, 6.07) is 4.70. The quantitative estimate of drug-likeness (QED) is 0.874. The maximum Gasteiger partial charge on any atom is 0.319 e. The van der Waals surface area contributed by atoms with Crippen molar-refractivity contribution in [3.63, 3.8) is 0 Å². The predicted octanol–water partition coefficient (Wildman–Crippen LogP) is 3.06. The van der Waals surface area contributed by atoms with Crippen molar-refractivity contribution in [3.8, 4) is 5.75 Å². The number of carbonyl (C=O) groups is 2. The summed E-state index contributed by atoms with van der Waals surface area (Å²) in [4.78, 5) is 23.7. The molecule has 0 spiro atoms. The zero-order valence-electron chi connectivity index (χ0n) is 12.1. The summed E-state index contributed by atoms with van der Waals surface area (Å²) in [5.74, 6) is 0.562. The van der Waals surface area contributed by atoms with Gasteiger partial charge in [0, 0.05) is 21.3 Å². The van der Waals surface area contributed by atoms with Crippen molar-refractivity contribution in [2.24, 2.45) is 0 Å². The fourth-order valence-electron chi connectivity index (χ4n) is 2.43. The second-order valence-electron chi connectivity index (χ2n) is 4.74. The van der Waals surface area contributed by atoms with Crippen LogP contribution in [0.25, 0.3) is 0 Å². The summed E-state index contributed by atoms with van der Waals surface area (Å²) in [5.41, 5.74) is 1.86. The highest BCUT2D eigenvalue weighted by atomic mass is 79.9. The summed E-state index contributed by atoms with van der Waals surface area (Å²) in [7, 11) is 0. The number of ketones is 1. The highest BCUT2D eigenvalue weighted by molar-refractivity contribution is 9.10. The highest BCUT2D eigenvalue weighted by Crippen LogP contribution is 2.35. The lowest BCUT2D eigenvalue weighted by atomic mass is 9.92. The van der Waals surface area contributed by atoms with E-state index in [1.807, 2.05) is 25.1 Å². The standard InChI is InChI=1S/C15H17BrN2O3/c1-4-21-12-6-5-10(16)7-11(12)14-13(9(3)19)8(2)17-15(20)18-14/h5-7,14H,4H2,1-3H3,(H2,17,18,20)/t14-/m1/s1. The van der Waals surface area contributed by atoms with Crippen LogP contribution in [0.4, 0.5) is 4.79 Å². The van der Waals surface area contributed by atoms with E-state index in [0.29, 0.717) is 23.6 Å². The first-order valence-electron chi connectivity index (χ1n) is 6.65. The van der Waals surface area contributed by atoms with E-state index < -0.39 is 6.04 Å². The maximum absolute atomic E-state index is 12.0. The number of benzene rings is 1. The first kappa shape index (κ1) is 15.6. The largest absolute Gasteiger partial charge is 0.494 e. The Labute approximate surface area is 131 Å². The molecule has 1 aliphatic rings. The Morgan fingerprint density at radius 1 is 1.43 bits per heavy atom. The Hall–Kier alpha value is -1.82. The van der Waals surface area contributed by atoms with Crippen molar-refractivity contribution >= 4 is 27.7 Å². The molecule has 1 heterocycles. The molecule has 1 aromatic rings. The summed E-state index contributed by atoms with van der Waals surface area (Å²) < 4.78 is 6.47. The Bertz CT molecular complexity index is 625. The smallest absolute Gasteiger partial charge is 0.319 e.